The third-order valence-corrected chi connectivity index (χ3v) is 1.82. The van der Waals surface area contributed by atoms with Gasteiger partial charge in [-0.2, -0.15) is 0 Å². The third-order valence-electron chi connectivity index (χ3n) is 1.74. The van der Waals surface area contributed by atoms with Gasteiger partial charge in [0, 0.05) is 11.6 Å². The zero-order chi connectivity index (χ0) is 12.8. The molecule has 0 aliphatic carbocycles. The summed E-state index contributed by atoms with van der Waals surface area (Å²) in [6.45, 7) is 6.13. The molecule has 1 saturated heterocycles. The van der Waals surface area contributed by atoms with E-state index in [0.29, 0.717) is 0 Å². The molecular weight excluding hydrogens is 234 g/mol. The monoisotopic (exact) mass is 251 g/mol. The van der Waals surface area contributed by atoms with Crippen molar-refractivity contribution in [1.82, 2.24) is 5.32 Å². The van der Waals surface area contributed by atoms with Gasteiger partial charge in [-0.1, -0.05) is 0 Å². The molecule has 0 bridgehead atoms. The number of carbonyl (C=O) groups excluding carboxylic acids is 1. The molecule has 0 amide bonds. The summed E-state index contributed by atoms with van der Waals surface area (Å²) in [5.74, 6) is -0.720. The summed E-state index contributed by atoms with van der Waals surface area (Å²) in [6, 6.07) is -0.269. The molecule has 0 spiro atoms. The molecule has 1 rings (SSSR count). The van der Waals surface area contributed by atoms with Gasteiger partial charge in [0.05, 0.1) is 0 Å². The van der Waals surface area contributed by atoms with Gasteiger partial charge in [0.15, 0.2) is 0 Å². The van der Waals surface area contributed by atoms with E-state index in [2.05, 4.69) is 10.1 Å². The van der Waals surface area contributed by atoms with Gasteiger partial charge in [-0.15, -0.1) is 0 Å². The lowest BCUT2D eigenvalue weighted by atomic mass is 10.2. The number of carboxylic acid groups (broad SMARTS) is 1. The smallest absolute Gasteiger partial charge is 0.404 e. The molecule has 94 valence electrons. The van der Waals surface area contributed by atoms with E-state index in [1.54, 1.807) is 20.8 Å². The van der Waals surface area contributed by atoms with Crippen molar-refractivity contribution in [2.75, 3.05) is 6.54 Å². The molecular formula is C10H18ClNO4. The Hall–Kier alpha value is -0.810. The largest absolute Gasteiger partial charge is 0.480 e. The van der Waals surface area contributed by atoms with Crippen molar-refractivity contribution in [3.63, 3.8) is 0 Å². The van der Waals surface area contributed by atoms with Gasteiger partial charge in [0.25, 0.3) is 0 Å². The van der Waals surface area contributed by atoms with Crippen LogP contribution in [0.15, 0.2) is 0 Å². The lowest BCUT2D eigenvalue weighted by Crippen LogP contribution is -2.29. The molecule has 0 saturated carbocycles. The predicted octanol–water partition coefficient (Wildman–Crippen LogP) is 1.98. The highest BCUT2D eigenvalue weighted by atomic mass is 35.5. The highest BCUT2D eigenvalue weighted by Crippen LogP contribution is 2.08. The second-order valence-electron chi connectivity index (χ2n) is 4.44. The Morgan fingerprint density at radius 3 is 2.12 bits per heavy atom. The lowest BCUT2D eigenvalue weighted by molar-refractivity contribution is -0.139. The molecule has 1 heterocycles. The highest BCUT2D eigenvalue weighted by molar-refractivity contribution is 6.61. The summed E-state index contributed by atoms with van der Waals surface area (Å²) in [5, 5.41) is 11.2. The van der Waals surface area contributed by atoms with Gasteiger partial charge in [0.2, 0.25) is 0 Å². The Morgan fingerprint density at radius 2 is 2.00 bits per heavy atom. The first-order chi connectivity index (χ1) is 7.22. The summed E-state index contributed by atoms with van der Waals surface area (Å²) in [5.41, 5.74) is -1.21. The second-order valence-corrected chi connectivity index (χ2v) is 4.75. The molecule has 0 aromatic carbocycles. The molecule has 5 nitrogen and oxygen atoms in total. The average Bonchev–Trinajstić information content (AvgIpc) is 2.50. The Balaban J connectivity index is 0.000000281. The number of rotatable bonds is 1. The van der Waals surface area contributed by atoms with Gasteiger partial charge in [-0.25, -0.2) is 4.79 Å². The van der Waals surface area contributed by atoms with Crippen LogP contribution < -0.4 is 5.32 Å². The highest BCUT2D eigenvalue weighted by Gasteiger charge is 2.20. The van der Waals surface area contributed by atoms with Crippen molar-refractivity contribution in [3.05, 3.63) is 0 Å². The number of carboxylic acids is 1. The molecule has 6 heteroatoms. The van der Waals surface area contributed by atoms with Gasteiger partial charge in [-0.05, 0) is 40.2 Å². The van der Waals surface area contributed by atoms with Crippen molar-refractivity contribution >= 4 is 23.0 Å². The summed E-state index contributed by atoms with van der Waals surface area (Å²) in [6.07, 6.45) is 1.78. The zero-order valence-electron chi connectivity index (χ0n) is 9.75. The number of nitrogens with one attached hydrogen (secondary N) is 1. The first-order valence-corrected chi connectivity index (χ1v) is 5.45. The van der Waals surface area contributed by atoms with Crippen LogP contribution in [0.3, 0.4) is 0 Å². The Kier molecular flexibility index (Phi) is 6.36. The predicted molar refractivity (Wildman–Crippen MR) is 60.7 cm³/mol. The van der Waals surface area contributed by atoms with E-state index in [9.17, 15) is 9.59 Å². The van der Waals surface area contributed by atoms with Crippen molar-refractivity contribution in [2.45, 2.75) is 45.3 Å². The topological polar surface area (TPSA) is 75.6 Å². The summed E-state index contributed by atoms with van der Waals surface area (Å²) >= 11 is 4.90. The molecule has 1 aliphatic rings. The Bertz CT molecular complexity index is 244. The lowest BCUT2D eigenvalue weighted by Gasteiger charge is -2.16. The van der Waals surface area contributed by atoms with Crippen LogP contribution in [0.25, 0.3) is 0 Å². The molecule has 0 aromatic rings. The van der Waals surface area contributed by atoms with Crippen LogP contribution in [-0.4, -0.2) is 34.7 Å². The summed E-state index contributed by atoms with van der Waals surface area (Å²) in [7, 11) is 0. The van der Waals surface area contributed by atoms with E-state index in [1.807, 2.05) is 0 Å². The maximum Gasteiger partial charge on any atom is 0.404 e. The molecule has 0 radical (unpaired) electrons. The van der Waals surface area contributed by atoms with E-state index in [-0.39, 0.29) is 6.04 Å². The van der Waals surface area contributed by atoms with Crippen LogP contribution in [0.4, 0.5) is 4.79 Å². The standard InChI is InChI=1S/C5H9ClO2.C5H9NO2/c1-5(2,3)8-4(6)7;7-5(8)4-2-1-3-6-4/h1-3H3;4,6H,1-3H2,(H,7,8)/t;4-/m.0/s1. The second kappa shape index (κ2) is 6.70. The minimum absolute atomic E-state index is 0.269. The van der Waals surface area contributed by atoms with E-state index in [0.717, 1.165) is 19.4 Å². The maximum atomic E-state index is 10.1. The van der Waals surface area contributed by atoms with Crippen molar-refractivity contribution in [2.24, 2.45) is 0 Å². The SMILES string of the molecule is CC(C)(C)OC(=O)Cl.O=C(O)[C@@H]1CCCN1. The fourth-order valence-corrected chi connectivity index (χ4v) is 1.37. The molecule has 2 N–H and O–H groups in total. The van der Waals surface area contributed by atoms with Gasteiger partial charge < -0.3 is 15.2 Å². The van der Waals surface area contributed by atoms with Crippen LogP contribution >= 0.6 is 11.6 Å². The third kappa shape index (κ3) is 8.49. The molecule has 1 fully saturated rings. The number of hydrogen-bond donors (Lipinski definition) is 2. The summed E-state index contributed by atoms with van der Waals surface area (Å²) in [4.78, 5) is 20.1. The maximum absolute atomic E-state index is 10.1. The fourth-order valence-electron chi connectivity index (χ4n) is 1.14. The van der Waals surface area contributed by atoms with Gasteiger partial charge in [0.1, 0.15) is 11.6 Å². The number of hydrogen-bond acceptors (Lipinski definition) is 4. The number of halogens is 1. The van der Waals surface area contributed by atoms with Crippen molar-refractivity contribution in [3.8, 4) is 0 Å². The van der Waals surface area contributed by atoms with E-state index in [1.165, 1.54) is 0 Å². The first-order valence-electron chi connectivity index (χ1n) is 5.07. The first kappa shape index (κ1) is 15.2. The normalized spacial score (nSPS) is 19.6. The molecule has 1 aliphatic heterocycles. The zero-order valence-corrected chi connectivity index (χ0v) is 10.5. The van der Waals surface area contributed by atoms with E-state index >= 15 is 0 Å². The minimum Gasteiger partial charge on any atom is -0.480 e. The van der Waals surface area contributed by atoms with Gasteiger partial charge in [-0.3, -0.25) is 4.79 Å². The Labute approximate surface area is 100 Å². The molecule has 16 heavy (non-hydrogen) atoms. The quantitative estimate of drug-likeness (QED) is 0.697. The van der Waals surface area contributed by atoms with Crippen LogP contribution in [0.2, 0.25) is 0 Å². The van der Waals surface area contributed by atoms with Crippen LogP contribution in [0.5, 0.6) is 0 Å². The average molecular weight is 252 g/mol. The fraction of sp³-hybridized carbons (Fsp3) is 0.800. The van der Waals surface area contributed by atoms with Crippen LogP contribution in [0, 0.1) is 0 Å². The van der Waals surface area contributed by atoms with E-state index < -0.39 is 17.0 Å². The minimum atomic E-state index is -0.752. The van der Waals surface area contributed by atoms with E-state index in [4.69, 9.17) is 16.7 Å². The Morgan fingerprint density at radius 1 is 1.44 bits per heavy atom. The van der Waals surface area contributed by atoms with Crippen molar-refractivity contribution in [1.29, 1.82) is 0 Å². The van der Waals surface area contributed by atoms with Gasteiger partial charge >= 0.3 is 11.4 Å². The summed E-state index contributed by atoms with van der Waals surface area (Å²) < 4.78 is 4.56. The molecule has 0 aromatic heterocycles. The number of aliphatic carboxylic acids is 1. The van der Waals surface area contributed by atoms with Crippen LogP contribution in [0.1, 0.15) is 33.6 Å². The van der Waals surface area contributed by atoms with Crippen LogP contribution in [-0.2, 0) is 9.53 Å². The van der Waals surface area contributed by atoms with Crippen molar-refractivity contribution < 1.29 is 19.4 Å². The number of carbonyl (C=O) groups is 2. The molecule has 1 atom stereocenters. The number of ether oxygens (including phenoxy) is 1. The molecule has 0 unspecified atom stereocenters.